The van der Waals surface area contributed by atoms with Crippen molar-refractivity contribution >= 4 is 40.0 Å². The second-order valence-corrected chi connectivity index (χ2v) is 7.18. The van der Waals surface area contributed by atoms with Crippen LogP contribution in [0.5, 0.6) is 0 Å². The number of carbonyl (C=O) groups excluding carboxylic acids is 4. The fourth-order valence-electron chi connectivity index (χ4n) is 2.86. The molecular weight excluding hydrogens is 410 g/mol. The number of benzene rings is 1. The van der Waals surface area contributed by atoms with Gasteiger partial charge >= 0.3 is 5.97 Å². The maximum atomic E-state index is 12.5. The standard InChI is InChI=1S/C20H17N3O6S/c1-28-7-2-6-23-18(25)14-4-3-12(9-15(14)19(23)26)20(27)29-11-16(24)22-17-13(10-21)5-8-30-17/h3-5,8-9H,2,6-7,11H2,1H3,(H,22,24). The van der Waals surface area contributed by atoms with Gasteiger partial charge in [-0.2, -0.15) is 5.26 Å². The van der Waals surface area contributed by atoms with Crippen molar-refractivity contribution < 1.29 is 28.7 Å². The zero-order valence-electron chi connectivity index (χ0n) is 16.0. The number of nitriles is 1. The van der Waals surface area contributed by atoms with Crippen LogP contribution in [-0.2, 0) is 14.3 Å². The lowest BCUT2D eigenvalue weighted by atomic mass is 10.1. The van der Waals surface area contributed by atoms with E-state index in [1.807, 2.05) is 6.07 Å². The third-order valence-corrected chi connectivity index (χ3v) is 5.14. The lowest BCUT2D eigenvalue weighted by Gasteiger charge is -2.12. The first-order valence-corrected chi connectivity index (χ1v) is 9.78. The highest BCUT2D eigenvalue weighted by Crippen LogP contribution is 2.25. The van der Waals surface area contributed by atoms with Crippen molar-refractivity contribution in [2.24, 2.45) is 0 Å². The van der Waals surface area contributed by atoms with Gasteiger partial charge in [-0.25, -0.2) is 4.79 Å². The molecule has 154 valence electrons. The van der Waals surface area contributed by atoms with Gasteiger partial charge in [0.1, 0.15) is 11.1 Å². The third kappa shape index (κ3) is 4.37. The molecule has 10 heteroatoms. The number of ether oxygens (including phenoxy) is 2. The fraction of sp³-hybridized carbons (Fsp3) is 0.250. The van der Waals surface area contributed by atoms with Gasteiger partial charge in [-0.1, -0.05) is 0 Å². The summed E-state index contributed by atoms with van der Waals surface area (Å²) in [5, 5.41) is 13.5. The van der Waals surface area contributed by atoms with E-state index < -0.39 is 30.3 Å². The molecule has 3 rings (SSSR count). The molecule has 2 aromatic rings. The number of nitrogens with one attached hydrogen (secondary N) is 1. The first kappa shape index (κ1) is 21.2. The van der Waals surface area contributed by atoms with E-state index >= 15 is 0 Å². The molecule has 1 N–H and O–H groups in total. The molecule has 9 nitrogen and oxygen atoms in total. The number of imide groups is 1. The van der Waals surface area contributed by atoms with Crippen molar-refractivity contribution in [3.8, 4) is 6.07 Å². The normalized spacial score (nSPS) is 12.5. The van der Waals surface area contributed by atoms with Crippen molar-refractivity contribution in [1.29, 1.82) is 5.26 Å². The maximum absolute atomic E-state index is 12.5. The summed E-state index contributed by atoms with van der Waals surface area (Å²) in [4.78, 5) is 50.2. The van der Waals surface area contributed by atoms with Gasteiger partial charge in [-0.05, 0) is 36.1 Å². The van der Waals surface area contributed by atoms with Crippen molar-refractivity contribution in [2.75, 3.05) is 32.2 Å². The molecule has 0 saturated heterocycles. The lowest BCUT2D eigenvalue weighted by molar-refractivity contribution is -0.119. The van der Waals surface area contributed by atoms with E-state index in [2.05, 4.69) is 5.32 Å². The number of hydrogen-bond acceptors (Lipinski definition) is 8. The molecule has 0 radical (unpaired) electrons. The van der Waals surface area contributed by atoms with E-state index in [0.717, 1.165) is 4.90 Å². The Bertz CT molecular complexity index is 1060. The first-order valence-electron chi connectivity index (χ1n) is 8.90. The number of rotatable bonds is 8. The lowest BCUT2D eigenvalue weighted by Crippen LogP contribution is -2.31. The summed E-state index contributed by atoms with van der Waals surface area (Å²) < 4.78 is 9.92. The number of methoxy groups -OCH3 is 1. The molecule has 0 atom stereocenters. The summed E-state index contributed by atoms with van der Waals surface area (Å²) in [7, 11) is 1.53. The van der Waals surface area contributed by atoms with Crippen molar-refractivity contribution in [2.45, 2.75) is 6.42 Å². The number of carbonyl (C=O) groups is 4. The molecule has 1 aromatic heterocycles. The van der Waals surface area contributed by atoms with Gasteiger partial charge in [-0.15, -0.1) is 11.3 Å². The Morgan fingerprint density at radius 3 is 2.70 bits per heavy atom. The summed E-state index contributed by atoms with van der Waals surface area (Å²) >= 11 is 1.18. The average molecular weight is 427 g/mol. The maximum Gasteiger partial charge on any atom is 0.338 e. The van der Waals surface area contributed by atoms with Crippen molar-refractivity contribution in [3.63, 3.8) is 0 Å². The number of anilines is 1. The first-order chi connectivity index (χ1) is 14.5. The Kier molecular flexibility index (Phi) is 6.56. The average Bonchev–Trinajstić information content (AvgIpc) is 3.29. The van der Waals surface area contributed by atoms with E-state index in [1.165, 1.54) is 36.6 Å². The zero-order chi connectivity index (χ0) is 21.7. The van der Waals surface area contributed by atoms with Crippen LogP contribution >= 0.6 is 11.3 Å². The van der Waals surface area contributed by atoms with Gasteiger partial charge in [0.2, 0.25) is 0 Å². The van der Waals surface area contributed by atoms with E-state index in [4.69, 9.17) is 14.7 Å². The number of amides is 3. The fourth-order valence-corrected chi connectivity index (χ4v) is 3.61. The van der Waals surface area contributed by atoms with Gasteiger partial charge in [0.25, 0.3) is 17.7 Å². The highest BCUT2D eigenvalue weighted by atomic mass is 32.1. The predicted molar refractivity (Wildman–Crippen MR) is 106 cm³/mol. The SMILES string of the molecule is COCCCN1C(=O)c2ccc(C(=O)OCC(=O)Nc3sccc3C#N)cc2C1=O. The van der Waals surface area contributed by atoms with Gasteiger partial charge in [0.05, 0.1) is 22.3 Å². The van der Waals surface area contributed by atoms with Crippen LogP contribution in [0, 0.1) is 11.3 Å². The van der Waals surface area contributed by atoms with Gasteiger partial charge in [-0.3, -0.25) is 19.3 Å². The molecule has 0 saturated carbocycles. The van der Waals surface area contributed by atoms with E-state index in [9.17, 15) is 19.2 Å². The van der Waals surface area contributed by atoms with Gasteiger partial charge in [0.15, 0.2) is 6.61 Å². The predicted octanol–water partition coefficient (Wildman–Crippen LogP) is 2.05. The zero-order valence-corrected chi connectivity index (χ0v) is 16.8. The highest BCUT2D eigenvalue weighted by molar-refractivity contribution is 7.14. The molecule has 1 aromatic carbocycles. The van der Waals surface area contributed by atoms with Crippen LogP contribution in [-0.4, -0.2) is 55.5 Å². The smallest absolute Gasteiger partial charge is 0.338 e. The van der Waals surface area contributed by atoms with Crippen LogP contribution in [0.4, 0.5) is 5.00 Å². The topological polar surface area (TPSA) is 126 Å². The molecular formula is C20H17N3O6S. The van der Waals surface area contributed by atoms with Crippen LogP contribution in [0.1, 0.15) is 43.1 Å². The van der Waals surface area contributed by atoms with Gasteiger partial charge in [0, 0.05) is 20.3 Å². The van der Waals surface area contributed by atoms with E-state index in [-0.39, 0.29) is 23.2 Å². The van der Waals surface area contributed by atoms with Crippen LogP contribution in [0.2, 0.25) is 0 Å². The van der Waals surface area contributed by atoms with Crippen LogP contribution < -0.4 is 5.32 Å². The van der Waals surface area contributed by atoms with Crippen molar-refractivity contribution in [3.05, 3.63) is 51.9 Å². The largest absolute Gasteiger partial charge is 0.452 e. The van der Waals surface area contributed by atoms with Crippen LogP contribution in [0.3, 0.4) is 0 Å². The molecule has 30 heavy (non-hydrogen) atoms. The molecule has 1 aliphatic rings. The summed E-state index contributed by atoms with van der Waals surface area (Å²) in [6, 6.07) is 7.56. The Morgan fingerprint density at radius 1 is 1.20 bits per heavy atom. The second kappa shape index (κ2) is 9.30. The molecule has 3 amide bonds. The monoisotopic (exact) mass is 427 g/mol. The quantitative estimate of drug-likeness (QED) is 0.388. The Balaban J connectivity index is 1.62. The molecule has 0 spiro atoms. The Morgan fingerprint density at radius 2 is 1.97 bits per heavy atom. The minimum absolute atomic E-state index is 0.0512. The van der Waals surface area contributed by atoms with E-state index in [1.54, 1.807) is 11.4 Å². The van der Waals surface area contributed by atoms with E-state index in [0.29, 0.717) is 23.6 Å². The number of esters is 1. The molecule has 0 bridgehead atoms. The minimum Gasteiger partial charge on any atom is -0.452 e. The summed E-state index contributed by atoms with van der Waals surface area (Å²) in [6.45, 7) is 0.0661. The van der Waals surface area contributed by atoms with Crippen LogP contribution in [0.15, 0.2) is 29.6 Å². The molecule has 2 heterocycles. The third-order valence-electron chi connectivity index (χ3n) is 4.31. The molecule has 1 aliphatic heterocycles. The molecule has 0 unspecified atom stereocenters. The number of nitrogens with zero attached hydrogens (tertiary/aromatic N) is 2. The summed E-state index contributed by atoms with van der Waals surface area (Å²) in [5.74, 6) is -2.31. The highest BCUT2D eigenvalue weighted by Gasteiger charge is 2.35. The Labute approximate surface area is 175 Å². The Hall–Kier alpha value is -3.55. The number of hydrogen-bond donors (Lipinski definition) is 1. The minimum atomic E-state index is -0.808. The molecule has 0 aliphatic carbocycles. The number of fused-ring (bicyclic) bond motifs is 1. The molecule has 0 fully saturated rings. The second-order valence-electron chi connectivity index (χ2n) is 6.27. The number of thiophene rings is 1. The summed E-state index contributed by atoms with van der Waals surface area (Å²) in [6.07, 6.45) is 0.504. The van der Waals surface area contributed by atoms with Crippen LogP contribution in [0.25, 0.3) is 0 Å². The van der Waals surface area contributed by atoms with Crippen molar-refractivity contribution in [1.82, 2.24) is 4.90 Å². The summed E-state index contributed by atoms with van der Waals surface area (Å²) in [5.41, 5.74) is 0.703. The van der Waals surface area contributed by atoms with Gasteiger partial charge < -0.3 is 14.8 Å².